The smallest absolute Gasteiger partial charge is 0.246 e. The van der Waals surface area contributed by atoms with Crippen molar-refractivity contribution in [2.24, 2.45) is 5.41 Å². The maximum Gasteiger partial charge on any atom is 0.246 e. The van der Waals surface area contributed by atoms with Gasteiger partial charge in [0.1, 0.15) is 16.4 Å². The Morgan fingerprint density at radius 1 is 1.13 bits per heavy atom. The molecule has 4 heterocycles. The Labute approximate surface area is 219 Å². The molecule has 1 aromatic carbocycles. The van der Waals surface area contributed by atoms with Crippen LogP contribution in [-0.4, -0.2) is 56.6 Å². The lowest BCUT2D eigenvalue weighted by atomic mass is 9.65. The van der Waals surface area contributed by atoms with Gasteiger partial charge in [-0.3, -0.25) is 14.9 Å². The van der Waals surface area contributed by atoms with Gasteiger partial charge in [0.05, 0.1) is 34.9 Å². The van der Waals surface area contributed by atoms with E-state index < -0.39 is 15.4 Å². The summed E-state index contributed by atoms with van der Waals surface area (Å²) in [6, 6.07) is 9.59. The molecule has 1 atom stereocenters. The topological polar surface area (TPSA) is 114 Å². The van der Waals surface area contributed by atoms with E-state index in [2.05, 4.69) is 20.3 Å². The average Bonchev–Trinajstić information content (AvgIpc) is 3.53. The van der Waals surface area contributed by atoms with Crippen molar-refractivity contribution < 1.29 is 17.6 Å². The molecular formula is C27H25FN6O3S. The van der Waals surface area contributed by atoms with Gasteiger partial charge in [0, 0.05) is 19.3 Å². The maximum atomic E-state index is 14.2. The number of Topliss-reactive ketones (excluding diaryl/α,β-unsaturated/α-hetero) is 1. The van der Waals surface area contributed by atoms with Crippen LogP contribution in [0.4, 0.5) is 4.39 Å². The second kappa shape index (κ2) is 8.81. The number of aromatic nitrogens is 5. The molecule has 1 aliphatic heterocycles. The van der Waals surface area contributed by atoms with E-state index in [1.54, 1.807) is 42.2 Å². The number of fused-ring (bicyclic) bond motifs is 2. The minimum Gasteiger partial charge on any atom is -0.291 e. The fraction of sp³-hybridized carbons (Fsp3) is 0.259. The first-order valence-corrected chi connectivity index (χ1v) is 13.6. The summed E-state index contributed by atoms with van der Waals surface area (Å²) in [4.78, 5) is 18.7. The minimum atomic E-state index is -3.90. The Bertz CT molecular complexity index is 1710. The summed E-state index contributed by atoms with van der Waals surface area (Å²) in [5, 5.41) is 11.1. The van der Waals surface area contributed by atoms with E-state index in [1.165, 1.54) is 22.6 Å². The first kappa shape index (κ1) is 24.4. The van der Waals surface area contributed by atoms with Crippen LogP contribution in [0.5, 0.6) is 0 Å². The van der Waals surface area contributed by atoms with Crippen LogP contribution < -0.4 is 0 Å². The van der Waals surface area contributed by atoms with Gasteiger partial charge in [0.2, 0.25) is 10.0 Å². The molecule has 2 aliphatic rings. The SMILES string of the molecule is Cc1ccnc(C(=O)C23Cc4cnn(-c5ccc(F)cc5)c4C=C2CCN(S(=O)(=O)c2cn[nH]c2C)C3)c1. The molecule has 0 spiro atoms. The molecule has 4 aromatic rings. The number of nitrogens with zero attached hydrogens (tertiary/aromatic N) is 5. The molecule has 0 bridgehead atoms. The van der Waals surface area contributed by atoms with Crippen LogP contribution in [0.25, 0.3) is 11.8 Å². The zero-order chi connectivity index (χ0) is 26.7. The van der Waals surface area contributed by atoms with Crippen molar-refractivity contribution in [2.45, 2.75) is 31.6 Å². The number of carbonyl (C=O) groups excluding carboxylic acids is 1. The summed E-state index contributed by atoms with van der Waals surface area (Å²) in [6.45, 7) is 3.73. The summed E-state index contributed by atoms with van der Waals surface area (Å²) in [5.74, 6) is -0.568. The van der Waals surface area contributed by atoms with Gasteiger partial charge in [0.25, 0.3) is 0 Å². The third-order valence-electron chi connectivity index (χ3n) is 7.44. The van der Waals surface area contributed by atoms with E-state index in [4.69, 9.17) is 0 Å². The van der Waals surface area contributed by atoms with Crippen molar-refractivity contribution >= 4 is 21.9 Å². The van der Waals surface area contributed by atoms with Gasteiger partial charge in [0.15, 0.2) is 5.78 Å². The second-order valence-electron chi connectivity index (χ2n) is 9.87. The zero-order valence-electron chi connectivity index (χ0n) is 20.8. The Hall–Kier alpha value is -3.96. The number of piperidine rings is 1. The highest BCUT2D eigenvalue weighted by atomic mass is 32.2. The summed E-state index contributed by atoms with van der Waals surface area (Å²) >= 11 is 0. The van der Waals surface area contributed by atoms with Crippen molar-refractivity contribution in [3.63, 3.8) is 0 Å². The van der Waals surface area contributed by atoms with Crippen molar-refractivity contribution in [3.8, 4) is 5.69 Å². The average molecular weight is 533 g/mol. The molecule has 1 saturated heterocycles. The van der Waals surface area contributed by atoms with Crippen LogP contribution in [0, 0.1) is 25.1 Å². The predicted molar refractivity (Wildman–Crippen MR) is 138 cm³/mol. The molecule has 38 heavy (non-hydrogen) atoms. The van der Waals surface area contributed by atoms with E-state index >= 15 is 0 Å². The van der Waals surface area contributed by atoms with Crippen molar-refractivity contribution in [3.05, 3.63) is 94.6 Å². The highest BCUT2D eigenvalue weighted by molar-refractivity contribution is 7.89. The summed E-state index contributed by atoms with van der Waals surface area (Å²) in [7, 11) is -3.90. The van der Waals surface area contributed by atoms with E-state index in [0.717, 1.165) is 22.4 Å². The van der Waals surface area contributed by atoms with Crippen molar-refractivity contribution in [1.82, 2.24) is 29.3 Å². The number of nitrogens with one attached hydrogen (secondary N) is 1. The minimum absolute atomic E-state index is 0.0264. The molecule has 3 aromatic heterocycles. The Morgan fingerprint density at radius 3 is 2.63 bits per heavy atom. The summed E-state index contributed by atoms with van der Waals surface area (Å²) in [6.07, 6.45) is 7.16. The fourth-order valence-corrected chi connectivity index (χ4v) is 7.07. The first-order chi connectivity index (χ1) is 18.2. The van der Waals surface area contributed by atoms with E-state index in [9.17, 15) is 17.6 Å². The number of aromatic amines is 1. The monoisotopic (exact) mass is 532 g/mol. The number of sulfonamides is 1. The molecule has 0 radical (unpaired) electrons. The molecule has 1 unspecified atom stereocenters. The summed E-state index contributed by atoms with van der Waals surface area (Å²) in [5.41, 5.74) is 3.61. The van der Waals surface area contributed by atoms with Gasteiger partial charge < -0.3 is 0 Å². The highest BCUT2D eigenvalue weighted by Gasteiger charge is 2.51. The number of carbonyl (C=O) groups is 1. The molecule has 11 heteroatoms. The molecular weight excluding hydrogens is 507 g/mol. The fourth-order valence-electron chi connectivity index (χ4n) is 5.45. The predicted octanol–water partition coefficient (Wildman–Crippen LogP) is 3.65. The van der Waals surface area contributed by atoms with Gasteiger partial charge in [-0.15, -0.1) is 0 Å². The second-order valence-corrected chi connectivity index (χ2v) is 11.8. The van der Waals surface area contributed by atoms with Gasteiger partial charge >= 0.3 is 0 Å². The molecule has 9 nitrogen and oxygen atoms in total. The highest BCUT2D eigenvalue weighted by Crippen LogP contribution is 2.47. The number of benzene rings is 1. The van der Waals surface area contributed by atoms with Crippen LogP contribution in [-0.2, 0) is 16.4 Å². The number of pyridine rings is 1. The number of rotatable bonds is 5. The lowest BCUT2D eigenvalue weighted by Crippen LogP contribution is -2.53. The Kier molecular flexibility index (Phi) is 5.65. The van der Waals surface area contributed by atoms with E-state index in [0.29, 0.717) is 23.5 Å². The number of aryl methyl sites for hydroxylation is 2. The third-order valence-corrected chi connectivity index (χ3v) is 9.40. The van der Waals surface area contributed by atoms with Crippen LogP contribution >= 0.6 is 0 Å². The number of ketones is 1. The van der Waals surface area contributed by atoms with Crippen LogP contribution in [0.1, 0.15) is 39.4 Å². The Morgan fingerprint density at radius 2 is 1.92 bits per heavy atom. The van der Waals surface area contributed by atoms with E-state index in [1.807, 2.05) is 19.1 Å². The number of halogens is 1. The lowest BCUT2D eigenvalue weighted by Gasteiger charge is -2.44. The zero-order valence-corrected chi connectivity index (χ0v) is 21.7. The molecule has 194 valence electrons. The first-order valence-electron chi connectivity index (χ1n) is 12.2. The number of hydrogen-bond acceptors (Lipinski definition) is 6. The molecule has 0 saturated carbocycles. The van der Waals surface area contributed by atoms with Crippen molar-refractivity contribution in [2.75, 3.05) is 13.1 Å². The largest absolute Gasteiger partial charge is 0.291 e. The van der Waals surface area contributed by atoms with Gasteiger partial charge in [-0.2, -0.15) is 14.5 Å². The van der Waals surface area contributed by atoms with Crippen LogP contribution in [0.15, 0.2) is 65.5 Å². The molecule has 6 rings (SSSR count). The van der Waals surface area contributed by atoms with Gasteiger partial charge in [-0.1, -0.05) is 5.57 Å². The normalized spacial score (nSPS) is 19.5. The molecule has 1 aliphatic carbocycles. The van der Waals surface area contributed by atoms with Crippen LogP contribution in [0.2, 0.25) is 0 Å². The van der Waals surface area contributed by atoms with Gasteiger partial charge in [-0.05, 0) is 80.3 Å². The summed E-state index contributed by atoms with van der Waals surface area (Å²) < 4.78 is 43.9. The molecule has 1 fully saturated rings. The Balaban J connectivity index is 1.47. The molecule has 0 amide bonds. The van der Waals surface area contributed by atoms with Crippen molar-refractivity contribution in [1.29, 1.82) is 0 Å². The van der Waals surface area contributed by atoms with E-state index in [-0.39, 0.29) is 36.0 Å². The number of H-pyrrole nitrogens is 1. The lowest BCUT2D eigenvalue weighted by molar-refractivity contribution is 0.0770. The number of hydrogen-bond donors (Lipinski definition) is 1. The molecule has 1 N–H and O–H groups in total. The van der Waals surface area contributed by atoms with Gasteiger partial charge in [-0.25, -0.2) is 17.5 Å². The standard InChI is InChI=1S/C27H25FN6O3S/c1-17-7-9-29-23(11-17)26(35)27-13-19-14-31-34(22-5-3-21(28)4-6-22)24(19)12-20(27)8-10-33(16-27)38(36,37)25-15-30-32-18(25)2/h3-7,9,11-12,14-15H,8,10,13,16H2,1-2H3,(H,30,32). The quantitative estimate of drug-likeness (QED) is 0.393. The maximum absolute atomic E-state index is 14.2. The third kappa shape index (κ3) is 3.81. The van der Waals surface area contributed by atoms with Crippen LogP contribution in [0.3, 0.4) is 0 Å².